The van der Waals surface area contributed by atoms with E-state index in [9.17, 15) is 9.59 Å². The lowest BCUT2D eigenvalue weighted by Gasteiger charge is -2.31. The first-order valence-corrected chi connectivity index (χ1v) is 11.3. The Labute approximate surface area is 169 Å². The van der Waals surface area contributed by atoms with Gasteiger partial charge in [0.1, 0.15) is 5.82 Å². The van der Waals surface area contributed by atoms with E-state index in [2.05, 4.69) is 14.9 Å². The predicted octanol–water partition coefficient (Wildman–Crippen LogP) is 2.76. The van der Waals surface area contributed by atoms with Crippen molar-refractivity contribution in [3.8, 4) is 0 Å². The first kappa shape index (κ1) is 19.5. The topological polar surface area (TPSA) is 75.3 Å². The molecule has 3 heterocycles. The molecule has 0 radical (unpaired) electrons. The van der Waals surface area contributed by atoms with Crippen LogP contribution in [0.2, 0.25) is 0 Å². The van der Waals surface area contributed by atoms with E-state index in [0.29, 0.717) is 42.0 Å². The number of fused-ring (bicyclic) bond motifs is 1. The van der Waals surface area contributed by atoms with Crippen molar-refractivity contribution in [1.29, 1.82) is 0 Å². The number of nitrogens with one attached hydrogen (secondary N) is 1. The first-order chi connectivity index (χ1) is 13.7. The molecule has 0 spiro atoms. The Morgan fingerprint density at radius 1 is 1.32 bits per heavy atom. The van der Waals surface area contributed by atoms with Crippen molar-refractivity contribution in [2.75, 3.05) is 24.7 Å². The molecule has 2 aliphatic rings. The number of carbonyl (C=O) groups is 1. The van der Waals surface area contributed by atoms with E-state index >= 15 is 0 Å². The van der Waals surface area contributed by atoms with Gasteiger partial charge in [-0.2, -0.15) is 11.8 Å². The largest absolute Gasteiger partial charge is 0.376 e. The number of aromatic amines is 1. The van der Waals surface area contributed by atoms with Gasteiger partial charge in [-0.15, -0.1) is 0 Å². The number of rotatable bonds is 7. The van der Waals surface area contributed by atoms with E-state index in [0.717, 1.165) is 43.9 Å². The normalized spacial score (nSPS) is 22.0. The van der Waals surface area contributed by atoms with Crippen LogP contribution in [0, 0.1) is 0 Å². The summed E-state index contributed by atoms with van der Waals surface area (Å²) in [4.78, 5) is 34.6. The lowest BCUT2D eigenvalue weighted by atomic mass is 10.1. The molecule has 0 aliphatic carbocycles. The fraction of sp³-hybridized carbons (Fsp3) is 0.571. The minimum atomic E-state index is -0.116. The standard InChI is InChI=1S/C21H27N3O3S/c25-20(24(15-10-12-28-14-15)13-16-5-4-11-27-16)9-3-8-19-22-18-7-2-1-6-17(18)21(26)23-19/h1-2,6-7,15-16H,3-5,8-14H2,(H,22,23,26). The van der Waals surface area contributed by atoms with E-state index in [-0.39, 0.29) is 17.6 Å². The third-order valence-corrected chi connectivity index (χ3v) is 6.70. The number of nitrogens with zero attached hydrogens (tertiary/aromatic N) is 2. The molecule has 1 N–H and O–H groups in total. The van der Waals surface area contributed by atoms with Gasteiger partial charge in [-0.05, 0) is 43.6 Å². The van der Waals surface area contributed by atoms with E-state index < -0.39 is 0 Å². The van der Waals surface area contributed by atoms with Gasteiger partial charge in [-0.25, -0.2) is 4.98 Å². The number of H-pyrrole nitrogens is 1. The van der Waals surface area contributed by atoms with Crippen LogP contribution in [0.4, 0.5) is 0 Å². The maximum absolute atomic E-state index is 13.0. The van der Waals surface area contributed by atoms with Crippen LogP contribution < -0.4 is 5.56 Å². The number of thioether (sulfide) groups is 1. The van der Waals surface area contributed by atoms with Gasteiger partial charge < -0.3 is 14.6 Å². The molecule has 28 heavy (non-hydrogen) atoms. The Hall–Kier alpha value is -1.86. The third-order valence-electron chi connectivity index (χ3n) is 5.56. The second kappa shape index (κ2) is 9.09. The Bertz CT molecular complexity index is 873. The molecule has 0 saturated carbocycles. The van der Waals surface area contributed by atoms with E-state index in [1.54, 1.807) is 6.07 Å². The number of hydrogen-bond donors (Lipinski definition) is 1. The summed E-state index contributed by atoms with van der Waals surface area (Å²) in [7, 11) is 0. The molecule has 2 aromatic rings. The second-order valence-corrected chi connectivity index (χ2v) is 8.73. The smallest absolute Gasteiger partial charge is 0.258 e. The molecule has 6 nitrogen and oxygen atoms in total. The highest BCUT2D eigenvalue weighted by atomic mass is 32.2. The average Bonchev–Trinajstić information content (AvgIpc) is 3.40. The average molecular weight is 402 g/mol. The lowest BCUT2D eigenvalue weighted by molar-refractivity contribution is -0.134. The highest BCUT2D eigenvalue weighted by molar-refractivity contribution is 7.99. The van der Waals surface area contributed by atoms with Crippen molar-refractivity contribution in [2.24, 2.45) is 0 Å². The number of ether oxygens (including phenoxy) is 1. The summed E-state index contributed by atoms with van der Waals surface area (Å²) in [5.41, 5.74) is 0.588. The van der Waals surface area contributed by atoms with Gasteiger partial charge in [0.05, 0.1) is 17.0 Å². The summed E-state index contributed by atoms with van der Waals surface area (Å²) in [5.74, 6) is 3.00. The van der Waals surface area contributed by atoms with Gasteiger partial charge in [-0.3, -0.25) is 9.59 Å². The van der Waals surface area contributed by atoms with E-state index in [1.165, 1.54) is 0 Å². The van der Waals surface area contributed by atoms with Crippen molar-refractivity contribution in [3.63, 3.8) is 0 Å². The first-order valence-electron chi connectivity index (χ1n) is 10.2. The lowest BCUT2D eigenvalue weighted by Crippen LogP contribution is -2.44. The number of carbonyl (C=O) groups excluding carboxylic acids is 1. The minimum Gasteiger partial charge on any atom is -0.376 e. The van der Waals surface area contributed by atoms with Gasteiger partial charge in [0.15, 0.2) is 0 Å². The number of benzene rings is 1. The van der Waals surface area contributed by atoms with E-state index in [4.69, 9.17) is 4.74 Å². The molecule has 2 saturated heterocycles. The van der Waals surface area contributed by atoms with Crippen LogP contribution in [0.25, 0.3) is 10.9 Å². The fourth-order valence-corrected chi connectivity index (χ4v) is 5.26. The van der Waals surface area contributed by atoms with Crippen LogP contribution in [0.15, 0.2) is 29.1 Å². The Morgan fingerprint density at radius 2 is 2.21 bits per heavy atom. The van der Waals surface area contributed by atoms with Gasteiger partial charge in [0.25, 0.3) is 5.56 Å². The predicted molar refractivity (Wildman–Crippen MR) is 112 cm³/mol. The molecule has 4 rings (SSSR count). The van der Waals surface area contributed by atoms with Gasteiger partial charge in [0.2, 0.25) is 5.91 Å². The zero-order valence-corrected chi connectivity index (χ0v) is 16.9. The Balaban J connectivity index is 1.37. The molecule has 2 atom stereocenters. The molecular formula is C21H27N3O3S. The summed E-state index contributed by atoms with van der Waals surface area (Å²) in [6.07, 6.45) is 5.15. The number of para-hydroxylation sites is 1. The summed E-state index contributed by atoms with van der Waals surface area (Å²) in [6.45, 7) is 1.53. The molecule has 2 unspecified atom stereocenters. The molecule has 7 heteroatoms. The van der Waals surface area contributed by atoms with Crippen molar-refractivity contribution in [2.45, 2.75) is 50.7 Å². The number of aromatic nitrogens is 2. The number of aryl methyl sites for hydroxylation is 1. The van der Waals surface area contributed by atoms with Crippen molar-refractivity contribution in [3.05, 3.63) is 40.4 Å². The summed E-state index contributed by atoms with van der Waals surface area (Å²) in [5, 5.41) is 0.601. The van der Waals surface area contributed by atoms with Crippen LogP contribution in [-0.2, 0) is 16.0 Å². The number of hydrogen-bond acceptors (Lipinski definition) is 5. The Morgan fingerprint density at radius 3 is 3.00 bits per heavy atom. The van der Waals surface area contributed by atoms with Crippen LogP contribution in [-0.4, -0.2) is 57.6 Å². The van der Waals surface area contributed by atoms with Crippen molar-refractivity contribution < 1.29 is 9.53 Å². The van der Waals surface area contributed by atoms with Crippen LogP contribution in [0.5, 0.6) is 0 Å². The van der Waals surface area contributed by atoms with E-state index in [1.807, 2.05) is 30.0 Å². The zero-order chi connectivity index (χ0) is 19.3. The summed E-state index contributed by atoms with van der Waals surface area (Å²) < 4.78 is 5.77. The third kappa shape index (κ3) is 4.58. The summed E-state index contributed by atoms with van der Waals surface area (Å²) >= 11 is 1.92. The molecule has 1 aromatic heterocycles. The number of amides is 1. The highest BCUT2D eigenvalue weighted by Crippen LogP contribution is 2.25. The molecule has 0 bridgehead atoms. The molecule has 1 aromatic carbocycles. The Kier molecular flexibility index (Phi) is 6.32. The SMILES string of the molecule is O=C(CCCc1nc2ccccc2c(=O)[nH]1)N(CC1CCCO1)C1CCSC1. The van der Waals surface area contributed by atoms with Gasteiger partial charge in [0, 0.05) is 37.8 Å². The second-order valence-electron chi connectivity index (χ2n) is 7.58. The van der Waals surface area contributed by atoms with Crippen molar-refractivity contribution in [1.82, 2.24) is 14.9 Å². The quantitative estimate of drug-likeness (QED) is 0.772. The molecule has 150 valence electrons. The van der Waals surface area contributed by atoms with Gasteiger partial charge in [-0.1, -0.05) is 12.1 Å². The maximum Gasteiger partial charge on any atom is 0.258 e. The van der Waals surface area contributed by atoms with Crippen molar-refractivity contribution >= 4 is 28.6 Å². The molecule has 2 fully saturated rings. The fourth-order valence-electron chi connectivity index (χ4n) is 4.03. The zero-order valence-electron chi connectivity index (χ0n) is 16.1. The molecule has 2 aliphatic heterocycles. The highest BCUT2D eigenvalue weighted by Gasteiger charge is 2.30. The van der Waals surface area contributed by atoms with Crippen LogP contribution >= 0.6 is 11.8 Å². The van der Waals surface area contributed by atoms with Crippen LogP contribution in [0.3, 0.4) is 0 Å². The monoisotopic (exact) mass is 401 g/mol. The molecular weight excluding hydrogens is 374 g/mol. The molecule has 1 amide bonds. The minimum absolute atomic E-state index is 0.116. The maximum atomic E-state index is 13.0. The summed E-state index contributed by atoms with van der Waals surface area (Å²) in [6, 6.07) is 7.67. The van der Waals surface area contributed by atoms with Gasteiger partial charge >= 0.3 is 0 Å². The van der Waals surface area contributed by atoms with Crippen LogP contribution in [0.1, 0.15) is 37.9 Å².